The average molecular weight is 217 g/mol. The molecule has 0 bridgehead atoms. The summed E-state index contributed by atoms with van der Waals surface area (Å²) in [6.07, 6.45) is 5.60. The van der Waals surface area contributed by atoms with E-state index in [0.717, 1.165) is 16.6 Å². The molecule has 1 aromatic rings. The second kappa shape index (κ2) is 5.23. The molecule has 1 fully saturated rings. The molecule has 0 aliphatic heterocycles. The third-order valence-corrected chi connectivity index (χ3v) is 4.31. The Labute approximate surface area is 95.5 Å². The van der Waals surface area contributed by atoms with Gasteiger partial charge in [0.2, 0.25) is 0 Å². The smallest absolute Gasteiger partial charge is 0.0991 e. The quantitative estimate of drug-likeness (QED) is 0.770. The molecule has 15 heavy (non-hydrogen) atoms. The number of benzene rings is 1. The van der Waals surface area contributed by atoms with E-state index in [4.69, 9.17) is 5.26 Å². The van der Waals surface area contributed by atoms with Gasteiger partial charge in [-0.05, 0) is 30.5 Å². The molecule has 0 aromatic heterocycles. The van der Waals surface area contributed by atoms with E-state index in [-0.39, 0.29) is 0 Å². The van der Waals surface area contributed by atoms with Gasteiger partial charge in [-0.15, -0.1) is 0 Å². The van der Waals surface area contributed by atoms with Gasteiger partial charge in [-0.1, -0.05) is 25.0 Å². The molecular weight excluding hydrogens is 202 g/mol. The standard InChI is InChI=1S/C13H15NS/c14-9-11-5-7-12(8-6-11)10-15-13-3-1-2-4-13/h5-8,13H,1-4,10H2. The fourth-order valence-corrected chi connectivity index (χ4v) is 3.23. The minimum atomic E-state index is 0.754. The van der Waals surface area contributed by atoms with Crippen molar-refractivity contribution in [1.82, 2.24) is 0 Å². The van der Waals surface area contributed by atoms with Crippen molar-refractivity contribution < 1.29 is 0 Å². The first-order valence-electron chi connectivity index (χ1n) is 5.49. The summed E-state index contributed by atoms with van der Waals surface area (Å²) in [5, 5.41) is 9.55. The predicted octanol–water partition coefficient (Wildman–Crippen LogP) is 3.73. The zero-order chi connectivity index (χ0) is 10.5. The van der Waals surface area contributed by atoms with Gasteiger partial charge in [-0.3, -0.25) is 0 Å². The second-order valence-corrected chi connectivity index (χ2v) is 5.31. The Morgan fingerprint density at radius 2 is 1.87 bits per heavy atom. The number of rotatable bonds is 3. The van der Waals surface area contributed by atoms with Gasteiger partial charge in [-0.2, -0.15) is 17.0 Å². The lowest BCUT2D eigenvalue weighted by atomic mass is 10.2. The largest absolute Gasteiger partial charge is 0.192 e. The number of hydrogen-bond acceptors (Lipinski definition) is 2. The molecule has 1 aliphatic carbocycles. The van der Waals surface area contributed by atoms with Crippen molar-refractivity contribution in [2.75, 3.05) is 0 Å². The summed E-state index contributed by atoms with van der Waals surface area (Å²) in [6, 6.07) is 10.1. The highest BCUT2D eigenvalue weighted by Crippen LogP contribution is 2.31. The van der Waals surface area contributed by atoms with Crippen LogP contribution in [0.25, 0.3) is 0 Å². The van der Waals surface area contributed by atoms with Gasteiger partial charge in [0, 0.05) is 11.0 Å². The lowest BCUT2D eigenvalue weighted by Crippen LogP contribution is -1.94. The van der Waals surface area contributed by atoms with Crippen molar-refractivity contribution in [1.29, 1.82) is 5.26 Å². The maximum Gasteiger partial charge on any atom is 0.0991 e. The van der Waals surface area contributed by atoms with E-state index in [1.807, 2.05) is 12.1 Å². The van der Waals surface area contributed by atoms with Crippen molar-refractivity contribution in [2.24, 2.45) is 0 Å². The van der Waals surface area contributed by atoms with Crippen molar-refractivity contribution in [3.63, 3.8) is 0 Å². The van der Waals surface area contributed by atoms with Crippen molar-refractivity contribution in [3.05, 3.63) is 35.4 Å². The molecule has 1 aliphatic rings. The van der Waals surface area contributed by atoms with Crippen LogP contribution in [0.3, 0.4) is 0 Å². The SMILES string of the molecule is N#Cc1ccc(CSC2CCCC2)cc1. The van der Waals surface area contributed by atoms with Crippen molar-refractivity contribution in [3.8, 4) is 6.07 Å². The molecule has 1 aromatic carbocycles. The van der Waals surface area contributed by atoms with E-state index in [1.165, 1.54) is 31.2 Å². The highest BCUT2D eigenvalue weighted by Gasteiger charge is 2.14. The average Bonchev–Trinajstić information content (AvgIpc) is 2.80. The summed E-state index contributed by atoms with van der Waals surface area (Å²) in [6.45, 7) is 0. The van der Waals surface area contributed by atoms with Crippen LogP contribution in [0.2, 0.25) is 0 Å². The minimum absolute atomic E-state index is 0.754. The Morgan fingerprint density at radius 3 is 2.47 bits per heavy atom. The van der Waals surface area contributed by atoms with Crippen LogP contribution in [-0.4, -0.2) is 5.25 Å². The van der Waals surface area contributed by atoms with Gasteiger partial charge in [0.25, 0.3) is 0 Å². The van der Waals surface area contributed by atoms with Crippen LogP contribution in [0.4, 0.5) is 0 Å². The van der Waals surface area contributed by atoms with Gasteiger partial charge in [0.1, 0.15) is 0 Å². The van der Waals surface area contributed by atoms with Gasteiger partial charge in [-0.25, -0.2) is 0 Å². The van der Waals surface area contributed by atoms with Crippen LogP contribution < -0.4 is 0 Å². The van der Waals surface area contributed by atoms with E-state index in [0.29, 0.717) is 0 Å². The summed E-state index contributed by atoms with van der Waals surface area (Å²) in [5.74, 6) is 1.09. The Hall–Kier alpha value is -0.940. The molecular formula is C13H15NS. The highest BCUT2D eigenvalue weighted by molar-refractivity contribution is 7.99. The van der Waals surface area contributed by atoms with Gasteiger partial charge in [0.15, 0.2) is 0 Å². The number of hydrogen-bond donors (Lipinski definition) is 0. The fourth-order valence-electron chi connectivity index (χ4n) is 1.94. The van der Waals surface area contributed by atoms with E-state index < -0.39 is 0 Å². The topological polar surface area (TPSA) is 23.8 Å². The van der Waals surface area contributed by atoms with Crippen LogP contribution in [0.1, 0.15) is 36.8 Å². The molecule has 1 saturated carbocycles. The van der Waals surface area contributed by atoms with Gasteiger partial charge >= 0.3 is 0 Å². The third kappa shape index (κ3) is 3.00. The zero-order valence-corrected chi connectivity index (χ0v) is 9.59. The molecule has 0 spiro atoms. The third-order valence-electron chi connectivity index (χ3n) is 2.87. The maximum atomic E-state index is 8.68. The lowest BCUT2D eigenvalue weighted by Gasteiger charge is -2.08. The molecule has 0 N–H and O–H groups in total. The second-order valence-electron chi connectivity index (χ2n) is 4.03. The van der Waals surface area contributed by atoms with E-state index in [2.05, 4.69) is 30.0 Å². The first-order chi connectivity index (χ1) is 7.38. The number of nitrogens with zero attached hydrogens (tertiary/aromatic N) is 1. The molecule has 1 nitrogen and oxygen atoms in total. The Morgan fingerprint density at radius 1 is 1.20 bits per heavy atom. The molecule has 0 amide bonds. The van der Waals surface area contributed by atoms with Crippen molar-refractivity contribution in [2.45, 2.75) is 36.7 Å². The normalized spacial score (nSPS) is 16.5. The predicted molar refractivity (Wildman–Crippen MR) is 64.7 cm³/mol. The summed E-state index contributed by atoms with van der Waals surface area (Å²) < 4.78 is 0. The monoisotopic (exact) mass is 217 g/mol. The molecule has 0 atom stereocenters. The lowest BCUT2D eigenvalue weighted by molar-refractivity contribution is 0.886. The molecule has 2 rings (SSSR count). The Balaban J connectivity index is 1.85. The fraction of sp³-hybridized carbons (Fsp3) is 0.462. The maximum absolute atomic E-state index is 8.68. The first kappa shape index (κ1) is 10.6. The summed E-state index contributed by atoms with van der Waals surface area (Å²) in [4.78, 5) is 0. The first-order valence-corrected chi connectivity index (χ1v) is 6.54. The van der Waals surface area contributed by atoms with E-state index in [9.17, 15) is 0 Å². The van der Waals surface area contributed by atoms with Crippen molar-refractivity contribution >= 4 is 11.8 Å². The van der Waals surface area contributed by atoms with Crippen LogP contribution >= 0.6 is 11.8 Å². The highest BCUT2D eigenvalue weighted by atomic mass is 32.2. The van der Waals surface area contributed by atoms with E-state index in [1.54, 1.807) is 0 Å². The van der Waals surface area contributed by atoms with Gasteiger partial charge < -0.3 is 0 Å². The molecule has 78 valence electrons. The van der Waals surface area contributed by atoms with Gasteiger partial charge in [0.05, 0.1) is 11.6 Å². The van der Waals surface area contributed by atoms with Crippen LogP contribution in [0.15, 0.2) is 24.3 Å². The summed E-state index contributed by atoms with van der Waals surface area (Å²) in [5.41, 5.74) is 2.09. The summed E-state index contributed by atoms with van der Waals surface area (Å²) in [7, 11) is 0. The van der Waals surface area contributed by atoms with Crippen LogP contribution in [0.5, 0.6) is 0 Å². The van der Waals surface area contributed by atoms with E-state index >= 15 is 0 Å². The Kier molecular flexibility index (Phi) is 3.69. The zero-order valence-electron chi connectivity index (χ0n) is 8.78. The number of nitriles is 1. The molecule has 0 heterocycles. The molecule has 0 saturated heterocycles. The minimum Gasteiger partial charge on any atom is -0.192 e. The Bertz CT molecular complexity index is 344. The summed E-state index contributed by atoms with van der Waals surface area (Å²) >= 11 is 2.07. The molecule has 0 radical (unpaired) electrons. The van der Waals surface area contributed by atoms with Crippen LogP contribution in [0, 0.1) is 11.3 Å². The number of thioether (sulfide) groups is 1. The van der Waals surface area contributed by atoms with Crippen LogP contribution in [-0.2, 0) is 5.75 Å². The molecule has 0 unspecified atom stereocenters. The molecule has 2 heteroatoms.